The Balaban J connectivity index is 1.95. The highest BCUT2D eigenvalue weighted by Crippen LogP contribution is 2.40. The molecule has 0 fully saturated rings. The molecule has 3 rings (SSSR count). The first kappa shape index (κ1) is 15.4. The maximum absolute atomic E-state index is 6.75. The van der Waals surface area contributed by atoms with Gasteiger partial charge in [-0.3, -0.25) is 0 Å². The van der Waals surface area contributed by atoms with Crippen LogP contribution in [-0.2, 0) is 12.8 Å². The van der Waals surface area contributed by atoms with E-state index in [0.717, 1.165) is 10.6 Å². The van der Waals surface area contributed by atoms with Gasteiger partial charge in [-0.2, -0.15) is 0 Å². The average molecular weight is 339 g/mol. The van der Waals surface area contributed by atoms with E-state index >= 15 is 0 Å². The molecule has 1 aliphatic carbocycles. The lowest BCUT2D eigenvalue weighted by Crippen LogP contribution is -1.94. The molecule has 0 saturated carbocycles. The van der Waals surface area contributed by atoms with Gasteiger partial charge in [0, 0.05) is 14.8 Å². The maximum atomic E-state index is 6.75. The molecular weight excluding hydrogens is 319 g/mol. The number of fused-ring (bicyclic) bond motifs is 1. The minimum Gasteiger partial charge on any atom is -0.143 e. The smallest absolute Gasteiger partial charge is 0.0942 e. The molecule has 0 aliphatic heterocycles. The number of alkyl halides is 1. The molecule has 0 bridgehead atoms. The number of hydrogen-bond acceptors (Lipinski definition) is 1. The molecule has 0 spiro atoms. The van der Waals surface area contributed by atoms with Gasteiger partial charge in [-0.1, -0.05) is 24.1 Å². The highest BCUT2D eigenvalue weighted by molar-refractivity contribution is 7.12. The van der Waals surface area contributed by atoms with E-state index in [4.69, 9.17) is 23.2 Å². The van der Waals surface area contributed by atoms with Crippen LogP contribution in [0.25, 0.3) is 0 Å². The van der Waals surface area contributed by atoms with Crippen LogP contribution in [0, 0.1) is 13.8 Å². The van der Waals surface area contributed by atoms with E-state index in [1.807, 2.05) is 17.4 Å². The van der Waals surface area contributed by atoms with Crippen LogP contribution in [0.3, 0.4) is 0 Å². The van der Waals surface area contributed by atoms with Crippen molar-refractivity contribution in [2.24, 2.45) is 0 Å². The van der Waals surface area contributed by atoms with Crippen molar-refractivity contribution in [3.05, 3.63) is 55.2 Å². The third-order valence-electron chi connectivity index (χ3n) is 4.40. The standard InChI is InChI=1S/C18H20Cl2S/c1-11-8-14(15(19)9-12(11)2)18(20)17-10-13-6-4-3-5-7-16(13)21-17/h8-10,18H,3-7H2,1-2H3. The molecule has 1 heterocycles. The predicted octanol–water partition coefficient (Wildman–Crippen LogP) is 6.62. The third kappa shape index (κ3) is 3.16. The minimum absolute atomic E-state index is 0.131. The Bertz CT molecular complexity index is 634. The quantitative estimate of drug-likeness (QED) is 0.426. The van der Waals surface area contributed by atoms with Crippen LogP contribution in [-0.4, -0.2) is 0 Å². The molecule has 0 saturated heterocycles. The molecule has 0 N–H and O–H groups in total. The van der Waals surface area contributed by atoms with Gasteiger partial charge in [-0.05, 0) is 73.9 Å². The summed E-state index contributed by atoms with van der Waals surface area (Å²) >= 11 is 15.0. The summed E-state index contributed by atoms with van der Waals surface area (Å²) in [5.41, 5.74) is 5.02. The Labute approximate surface area is 141 Å². The second-order valence-corrected chi connectivity index (χ2v) is 7.99. The van der Waals surface area contributed by atoms with Crippen LogP contribution in [0.5, 0.6) is 0 Å². The Hall–Kier alpha value is -0.500. The lowest BCUT2D eigenvalue weighted by atomic mass is 10.0. The van der Waals surface area contributed by atoms with E-state index in [2.05, 4.69) is 26.0 Å². The first-order chi connectivity index (χ1) is 10.1. The Morgan fingerprint density at radius 3 is 2.52 bits per heavy atom. The third-order valence-corrected chi connectivity index (χ3v) is 6.63. The van der Waals surface area contributed by atoms with E-state index in [9.17, 15) is 0 Å². The number of benzene rings is 1. The molecule has 3 heteroatoms. The summed E-state index contributed by atoms with van der Waals surface area (Å²) < 4.78 is 0. The summed E-state index contributed by atoms with van der Waals surface area (Å²) in [6, 6.07) is 6.48. The first-order valence-electron chi connectivity index (χ1n) is 7.58. The van der Waals surface area contributed by atoms with Gasteiger partial charge in [0.1, 0.15) is 0 Å². The Morgan fingerprint density at radius 2 is 1.71 bits per heavy atom. The molecule has 1 atom stereocenters. The second-order valence-electron chi connectivity index (χ2n) is 5.98. The molecule has 0 nitrogen and oxygen atoms in total. The zero-order valence-electron chi connectivity index (χ0n) is 12.5. The van der Waals surface area contributed by atoms with Crippen LogP contribution < -0.4 is 0 Å². The lowest BCUT2D eigenvalue weighted by molar-refractivity contribution is 0.712. The van der Waals surface area contributed by atoms with Gasteiger partial charge in [0.05, 0.1) is 5.38 Å². The van der Waals surface area contributed by atoms with Crippen molar-refractivity contribution in [1.82, 2.24) is 0 Å². The van der Waals surface area contributed by atoms with E-state index in [-0.39, 0.29) is 5.38 Å². The van der Waals surface area contributed by atoms with Gasteiger partial charge in [0.15, 0.2) is 0 Å². The number of aryl methyl sites for hydroxylation is 4. The van der Waals surface area contributed by atoms with Crippen molar-refractivity contribution >= 4 is 34.5 Å². The van der Waals surface area contributed by atoms with Crippen molar-refractivity contribution in [1.29, 1.82) is 0 Å². The lowest BCUT2D eigenvalue weighted by Gasteiger charge is -2.13. The monoisotopic (exact) mass is 338 g/mol. The van der Waals surface area contributed by atoms with Gasteiger partial charge in [0.25, 0.3) is 0 Å². The normalized spacial score (nSPS) is 16.4. The Kier molecular flexibility index (Phi) is 4.63. The number of rotatable bonds is 2. The van der Waals surface area contributed by atoms with Crippen molar-refractivity contribution < 1.29 is 0 Å². The topological polar surface area (TPSA) is 0 Å². The van der Waals surface area contributed by atoms with Gasteiger partial charge in [-0.25, -0.2) is 0 Å². The van der Waals surface area contributed by atoms with Crippen molar-refractivity contribution in [2.75, 3.05) is 0 Å². The number of thiophene rings is 1. The first-order valence-corrected chi connectivity index (χ1v) is 9.21. The summed E-state index contributed by atoms with van der Waals surface area (Å²) in [6.45, 7) is 4.20. The van der Waals surface area contributed by atoms with Crippen molar-refractivity contribution in [2.45, 2.75) is 51.3 Å². The van der Waals surface area contributed by atoms with E-state index in [1.54, 1.807) is 0 Å². The summed E-state index contributed by atoms with van der Waals surface area (Å²) in [6.07, 6.45) is 6.38. The fraction of sp³-hybridized carbons (Fsp3) is 0.444. The summed E-state index contributed by atoms with van der Waals surface area (Å²) in [5.74, 6) is 0. The average Bonchev–Trinajstić information content (AvgIpc) is 2.73. The molecule has 1 unspecified atom stereocenters. The molecule has 1 aliphatic rings. The van der Waals surface area contributed by atoms with Gasteiger partial charge in [-0.15, -0.1) is 22.9 Å². The summed E-state index contributed by atoms with van der Waals surface area (Å²) in [7, 11) is 0. The minimum atomic E-state index is -0.131. The van der Waals surface area contributed by atoms with Crippen LogP contribution in [0.1, 0.15) is 56.6 Å². The number of hydrogen-bond donors (Lipinski definition) is 0. The SMILES string of the molecule is Cc1cc(Cl)c(C(Cl)c2cc3c(s2)CCCCC3)cc1C. The Morgan fingerprint density at radius 1 is 1.00 bits per heavy atom. The van der Waals surface area contributed by atoms with Gasteiger partial charge < -0.3 is 0 Å². The zero-order valence-corrected chi connectivity index (χ0v) is 14.8. The zero-order chi connectivity index (χ0) is 15.0. The highest BCUT2D eigenvalue weighted by Gasteiger charge is 2.20. The molecule has 1 aromatic heterocycles. The fourth-order valence-corrected chi connectivity index (χ4v) is 4.98. The molecular formula is C18H20Cl2S. The van der Waals surface area contributed by atoms with Crippen LogP contribution in [0.15, 0.2) is 18.2 Å². The van der Waals surface area contributed by atoms with Crippen LogP contribution >= 0.6 is 34.5 Å². The summed E-state index contributed by atoms with van der Waals surface area (Å²) in [4.78, 5) is 2.78. The predicted molar refractivity (Wildman–Crippen MR) is 94.2 cm³/mol. The van der Waals surface area contributed by atoms with Gasteiger partial charge >= 0.3 is 0 Å². The molecule has 112 valence electrons. The summed E-state index contributed by atoms with van der Waals surface area (Å²) in [5, 5.41) is 0.649. The highest BCUT2D eigenvalue weighted by atomic mass is 35.5. The molecule has 0 radical (unpaired) electrons. The largest absolute Gasteiger partial charge is 0.143 e. The van der Waals surface area contributed by atoms with Crippen LogP contribution in [0.4, 0.5) is 0 Å². The van der Waals surface area contributed by atoms with Crippen molar-refractivity contribution in [3.8, 4) is 0 Å². The molecule has 2 aromatic rings. The molecule has 21 heavy (non-hydrogen) atoms. The van der Waals surface area contributed by atoms with E-state index in [1.165, 1.54) is 58.5 Å². The molecule has 1 aromatic carbocycles. The van der Waals surface area contributed by atoms with Crippen molar-refractivity contribution in [3.63, 3.8) is 0 Å². The van der Waals surface area contributed by atoms with E-state index < -0.39 is 0 Å². The molecule has 0 amide bonds. The van der Waals surface area contributed by atoms with E-state index in [0.29, 0.717) is 0 Å². The maximum Gasteiger partial charge on any atom is 0.0942 e. The van der Waals surface area contributed by atoms with Crippen LogP contribution in [0.2, 0.25) is 5.02 Å². The fourth-order valence-electron chi connectivity index (χ4n) is 2.97. The number of halogens is 2. The van der Waals surface area contributed by atoms with Gasteiger partial charge in [0.2, 0.25) is 0 Å². The second kappa shape index (κ2) is 6.32.